The Morgan fingerprint density at radius 2 is 1.62 bits per heavy atom. The highest BCUT2D eigenvalue weighted by molar-refractivity contribution is 5.94. The molecule has 24 heavy (non-hydrogen) atoms. The fraction of sp³-hybridized carbons (Fsp3) is 0.176. The number of carbonyl (C=O) groups excluding carboxylic acids is 2. The first-order valence-electron chi connectivity index (χ1n) is 7.39. The minimum absolute atomic E-state index is 0.0186. The van der Waals surface area contributed by atoms with Crippen molar-refractivity contribution in [3.63, 3.8) is 0 Å². The van der Waals surface area contributed by atoms with Crippen molar-refractivity contribution in [2.45, 2.75) is 6.92 Å². The first-order valence-corrected chi connectivity index (χ1v) is 7.39. The van der Waals surface area contributed by atoms with Gasteiger partial charge in [-0.05, 0) is 43.3 Å². The minimum atomic E-state index is -0.521. The largest absolute Gasteiger partial charge is 0.490 e. The molecule has 0 bridgehead atoms. The van der Waals surface area contributed by atoms with Gasteiger partial charge in [0.1, 0.15) is 0 Å². The van der Waals surface area contributed by atoms with E-state index in [0.717, 1.165) is 0 Å². The van der Waals surface area contributed by atoms with Crippen molar-refractivity contribution >= 4 is 17.6 Å². The number of primary amides is 1. The molecule has 0 heterocycles. The second-order valence-electron chi connectivity index (χ2n) is 4.74. The predicted molar refractivity (Wildman–Crippen MR) is 90.2 cm³/mol. The molecule has 2 rings (SSSR count). The van der Waals surface area contributed by atoms with E-state index in [1.165, 1.54) is 12.1 Å². The molecule has 0 atom stereocenters. The molecule has 3 amide bonds. The molecule has 0 aromatic heterocycles. The van der Waals surface area contributed by atoms with Crippen LogP contribution in [0.15, 0.2) is 48.5 Å². The molecule has 0 aliphatic rings. The van der Waals surface area contributed by atoms with E-state index in [1.807, 2.05) is 19.1 Å². The normalized spacial score (nSPS) is 9.88. The molecule has 0 fully saturated rings. The van der Waals surface area contributed by atoms with E-state index in [-0.39, 0.29) is 6.73 Å². The maximum absolute atomic E-state index is 11.8. The van der Waals surface area contributed by atoms with Gasteiger partial charge in [-0.3, -0.25) is 4.79 Å². The fourth-order valence-electron chi connectivity index (χ4n) is 1.92. The molecular weight excluding hydrogens is 310 g/mol. The molecule has 0 saturated heterocycles. The lowest BCUT2D eigenvalue weighted by molar-refractivity contribution is 0.100. The molecule has 126 valence electrons. The zero-order valence-electron chi connectivity index (χ0n) is 13.2. The van der Waals surface area contributed by atoms with E-state index in [9.17, 15) is 9.59 Å². The quantitative estimate of drug-likeness (QED) is 0.678. The SMILES string of the molecule is CCOc1ccccc1OCNC(=O)Nc1ccc(C(N)=O)cc1. The molecule has 0 aliphatic heterocycles. The van der Waals surface area contributed by atoms with Crippen molar-refractivity contribution < 1.29 is 19.1 Å². The molecule has 0 spiro atoms. The third-order valence-electron chi connectivity index (χ3n) is 3.04. The minimum Gasteiger partial charge on any atom is -0.490 e. The van der Waals surface area contributed by atoms with Gasteiger partial charge in [0.2, 0.25) is 5.91 Å². The molecule has 7 heteroatoms. The number of ether oxygens (including phenoxy) is 2. The van der Waals surface area contributed by atoms with Crippen LogP contribution in [0.1, 0.15) is 17.3 Å². The average Bonchev–Trinajstić information content (AvgIpc) is 2.57. The monoisotopic (exact) mass is 329 g/mol. The van der Waals surface area contributed by atoms with Crippen LogP contribution in [0.5, 0.6) is 11.5 Å². The standard InChI is InChI=1S/C17H19N3O4/c1-2-23-14-5-3-4-6-15(14)24-11-19-17(22)20-13-9-7-12(8-10-13)16(18)21/h3-10H,2,11H2,1H3,(H2,18,21)(H2,19,20,22). The van der Waals surface area contributed by atoms with Gasteiger partial charge in [-0.25, -0.2) is 4.79 Å². The van der Waals surface area contributed by atoms with E-state index in [1.54, 1.807) is 24.3 Å². The molecule has 4 N–H and O–H groups in total. The summed E-state index contributed by atoms with van der Waals surface area (Å²) in [6.45, 7) is 2.39. The summed E-state index contributed by atoms with van der Waals surface area (Å²) in [5, 5.41) is 5.19. The number of hydrogen-bond donors (Lipinski definition) is 3. The van der Waals surface area contributed by atoms with Gasteiger partial charge in [0.25, 0.3) is 0 Å². The molecular formula is C17H19N3O4. The maximum atomic E-state index is 11.8. The number of para-hydroxylation sites is 2. The zero-order valence-corrected chi connectivity index (χ0v) is 13.2. The van der Waals surface area contributed by atoms with Crippen molar-refractivity contribution in [2.75, 3.05) is 18.7 Å². The van der Waals surface area contributed by atoms with Gasteiger partial charge in [-0.15, -0.1) is 0 Å². The number of benzene rings is 2. The molecule has 0 radical (unpaired) electrons. The van der Waals surface area contributed by atoms with E-state index >= 15 is 0 Å². The Bertz CT molecular complexity index is 701. The highest BCUT2D eigenvalue weighted by atomic mass is 16.5. The number of carbonyl (C=O) groups is 2. The van der Waals surface area contributed by atoms with Gasteiger partial charge in [0, 0.05) is 11.3 Å². The van der Waals surface area contributed by atoms with Gasteiger partial charge in [0.15, 0.2) is 18.2 Å². The van der Waals surface area contributed by atoms with Crippen LogP contribution in [-0.4, -0.2) is 25.3 Å². The van der Waals surface area contributed by atoms with Crippen LogP contribution in [0, 0.1) is 0 Å². The molecule has 0 aliphatic carbocycles. The average molecular weight is 329 g/mol. The molecule has 0 unspecified atom stereocenters. The number of rotatable bonds is 7. The number of nitrogens with two attached hydrogens (primary N) is 1. The van der Waals surface area contributed by atoms with Crippen LogP contribution < -0.4 is 25.8 Å². The Labute approximate surface area is 139 Å². The van der Waals surface area contributed by atoms with Crippen LogP contribution in [0.3, 0.4) is 0 Å². The summed E-state index contributed by atoms with van der Waals surface area (Å²) < 4.78 is 10.9. The Morgan fingerprint density at radius 1 is 1.00 bits per heavy atom. The summed E-state index contributed by atoms with van der Waals surface area (Å²) >= 11 is 0. The highest BCUT2D eigenvalue weighted by Crippen LogP contribution is 2.25. The molecule has 2 aromatic carbocycles. The summed E-state index contributed by atoms with van der Waals surface area (Å²) in [6, 6.07) is 13.0. The van der Waals surface area contributed by atoms with Gasteiger partial charge >= 0.3 is 6.03 Å². The van der Waals surface area contributed by atoms with Crippen molar-refractivity contribution in [3.05, 3.63) is 54.1 Å². The number of hydrogen-bond acceptors (Lipinski definition) is 4. The van der Waals surface area contributed by atoms with E-state index in [2.05, 4.69) is 10.6 Å². The van der Waals surface area contributed by atoms with Gasteiger partial charge < -0.3 is 25.8 Å². The van der Waals surface area contributed by atoms with Crippen molar-refractivity contribution in [1.82, 2.24) is 5.32 Å². The van der Waals surface area contributed by atoms with Crippen LogP contribution in [0.4, 0.5) is 10.5 Å². The lowest BCUT2D eigenvalue weighted by atomic mass is 10.2. The van der Waals surface area contributed by atoms with Crippen molar-refractivity contribution in [2.24, 2.45) is 5.73 Å². The third kappa shape index (κ3) is 4.91. The summed E-state index contributed by atoms with van der Waals surface area (Å²) in [5.41, 5.74) is 6.06. The fourth-order valence-corrected chi connectivity index (χ4v) is 1.92. The molecule has 2 aromatic rings. The van der Waals surface area contributed by atoms with Crippen LogP contribution in [0.25, 0.3) is 0 Å². The zero-order chi connectivity index (χ0) is 17.4. The van der Waals surface area contributed by atoms with E-state index in [0.29, 0.717) is 29.4 Å². The second-order valence-corrected chi connectivity index (χ2v) is 4.74. The Hall–Kier alpha value is -3.22. The maximum Gasteiger partial charge on any atom is 0.321 e. The third-order valence-corrected chi connectivity index (χ3v) is 3.04. The summed E-state index contributed by atoms with van der Waals surface area (Å²) in [7, 11) is 0. The van der Waals surface area contributed by atoms with Gasteiger partial charge in [0.05, 0.1) is 6.61 Å². The number of urea groups is 1. The summed E-state index contributed by atoms with van der Waals surface area (Å²) in [4.78, 5) is 22.8. The Morgan fingerprint density at radius 3 is 2.21 bits per heavy atom. The number of amides is 3. The molecule has 7 nitrogen and oxygen atoms in total. The first-order chi connectivity index (χ1) is 11.6. The van der Waals surface area contributed by atoms with Crippen molar-refractivity contribution in [1.29, 1.82) is 0 Å². The topological polar surface area (TPSA) is 103 Å². The Balaban J connectivity index is 1.82. The van der Waals surface area contributed by atoms with Gasteiger partial charge in [-0.2, -0.15) is 0 Å². The highest BCUT2D eigenvalue weighted by Gasteiger charge is 2.06. The van der Waals surface area contributed by atoms with Crippen molar-refractivity contribution in [3.8, 4) is 11.5 Å². The molecule has 0 saturated carbocycles. The predicted octanol–water partition coefficient (Wildman–Crippen LogP) is 2.34. The second kappa shape index (κ2) is 8.42. The lowest BCUT2D eigenvalue weighted by Crippen LogP contribution is -2.32. The number of anilines is 1. The smallest absolute Gasteiger partial charge is 0.321 e. The van der Waals surface area contributed by atoms with Gasteiger partial charge in [-0.1, -0.05) is 12.1 Å². The lowest BCUT2D eigenvalue weighted by Gasteiger charge is -2.12. The first kappa shape index (κ1) is 17.1. The summed E-state index contributed by atoms with van der Waals surface area (Å²) in [5.74, 6) is 0.641. The van der Waals surface area contributed by atoms with Crippen LogP contribution in [-0.2, 0) is 0 Å². The van der Waals surface area contributed by atoms with Crippen LogP contribution in [0.2, 0.25) is 0 Å². The van der Waals surface area contributed by atoms with E-state index in [4.69, 9.17) is 15.2 Å². The number of nitrogens with one attached hydrogen (secondary N) is 2. The Kier molecular flexibility index (Phi) is 6.01. The van der Waals surface area contributed by atoms with E-state index < -0.39 is 11.9 Å². The summed E-state index contributed by atoms with van der Waals surface area (Å²) in [6.07, 6.45) is 0. The van der Waals surface area contributed by atoms with Crippen LogP contribution >= 0.6 is 0 Å².